The molecule has 0 fully saturated rings. The second-order valence-corrected chi connectivity index (χ2v) is 9.64. The Bertz CT molecular complexity index is 1250. The highest BCUT2D eigenvalue weighted by Gasteiger charge is 2.33. The highest BCUT2D eigenvalue weighted by Crippen LogP contribution is 2.44. The summed E-state index contributed by atoms with van der Waals surface area (Å²) >= 11 is 0. The first kappa shape index (κ1) is 27.9. The van der Waals surface area contributed by atoms with Crippen molar-refractivity contribution in [1.82, 2.24) is 10.6 Å². The third kappa shape index (κ3) is 6.83. The molecule has 3 N–H and O–H groups in total. The number of nitrogens with one attached hydrogen (secondary N) is 2. The Balaban J connectivity index is 1.45. The second kappa shape index (κ2) is 13.1. The predicted molar refractivity (Wildman–Crippen MR) is 147 cm³/mol. The topological polar surface area (TPSA) is 114 Å². The Morgan fingerprint density at radius 2 is 1.46 bits per heavy atom. The Labute approximate surface area is 228 Å². The third-order valence-electron chi connectivity index (χ3n) is 6.92. The van der Waals surface area contributed by atoms with Gasteiger partial charge in [-0.2, -0.15) is 0 Å². The van der Waals surface area contributed by atoms with Crippen LogP contribution in [0.25, 0.3) is 11.1 Å². The fourth-order valence-corrected chi connectivity index (χ4v) is 4.87. The standard InChI is InChI=1S/C31H34N2O6/c1-3-11-27(30(35)36)32-29(34)28(20(2)38-18-21-12-5-4-6-13-21)33-31(37)39-19-26-24-16-9-7-14-22(24)23-15-8-10-17-25(23)26/h4-10,12-17,20,26-28H,3,11,18-19H2,1-2H3,(H,32,34)(H,33,37)(H,35,36)/t20-,27?,28+/m0/s1. The summed E-state index contributed by atoms with van der Waals surface area (Å²) in [5.41, 5.74) is 5.27. The summed E-state index contributed by atoms with van der Waals surface area (Å²) in [7, 11) is 0. The number of hydrogen-bond donors (Lipinski definition) is 3. The van der Waals surface area contributed by atoms with Gasteiger partial charge in [-0.3, -0.25) is 4.79 Å². The first-order chi connectivity index (χ1) is 18.9. The molecule has 2 amide bonds. The molecule has 0 aromatic heterocycles. The zero-order valence-electron chi connectivity index (χ0n) is 22.1. The molecule has 0 saturated carbocycles. The average Bonchev–Trinajstić information content (AvgIpc) is 3.27. The zero-order chi connectivity index (χ0) is 27.8. The van der Waals surface area contributed by atoms with Gasteiger partial charge in [-0.1, -0.05) is 92.2 Å². The first-order valence-electron chi connectivity index (χ1n) is 13.2. The summed E-state index contributed by atoms with van der Waals surface area (Å²) < 4.78 is 11.5. The van der Waals surface area contributed by atoms with Crippen LogP contribution < -0.4 is 10.6 Å². The van der Waals surface area contributed by atoms with Gasteiger partial charge in [0.1, 0.15) is 18.7 Å². The second-order valence-electron chi connectivity index (χ2n) is 9.64. The highest BCUT2D eigenvalue weighted by atomic mass is 16.5. The van der Waals surface area contributed by atoms with Gasteiger partial charge in [0.25, 0.3) is 0 Å². The molecule has 1 aliphatic rings. The van der Waals surface area contributed by atoms with E-state index in [1.54, 1.807) is 6.92 Å². The molecule has 8 nitrogen and oxygen atoms in total. The van der Waals surface area contributed by atoms with Gasteiger partial charge in [0, 0.05) is 5.92 Å². The van der Waals surface area contributed by atoms with Crippen LogP contribution in [0.2, 0.25) is 0 Å². The molecule has 4 rings (SSSR count). The lowest BCUT2D eigenvalue weighted by atomic mass is 9.98. The molecule has 0 spiro atoms. The van der Waals surface area contributed by atoms with Crippen LogP contribution in [-0.2, 0) is 25.7 Å². The number of carboxylic acid groups (broad SMARTS) is 1. The average molecular weight is 531 g/mol. The van der Waals surface area contributed by atoms with E-state index in [9.17, 15) is 19.5 Å². The van der Waals surface area contributed by atoms with Crippen molar-refractivity contribution in [2.24, 2.45) is 0 Å². The highest BCUT2D eigenvalue weighted by molar-refractivity contribution is 5.89. The normalized spacial score (nSPS) is 14.4. The number of aliphatic carboxylic acids is 1. The predicted octanol–water partition coefficient (Wildman–Crippen LogP) is 4.87. The minimum atomic E-state index is -1.16. The van der Waals surface area contributed by atoms with Gasteiger partial charge in [0.15, 0.2) is 0 Å². The number of alkyl carbamates (subject to hydrolysis) is 1. The van der Waals surface area contributed by atoms with E-state index in [4.69, 9.17) is 9.47 Å². The molecule has 3 atom stereocenters. The fourth-order valence-electron chi connectivity index (χ4n) is 4.87. The van der Waals surface area contributed by atoms with Gasteiger partial charge < -0.3 is 25.2 Å². The number of amides is 2. The van der Waals surface area contributed by atoms with Crippen molar-refractivity contribution in [1.29, 1.82) is 0 Å². The molecule has 204 valence electrons. The Hall–Kier alpha value is -4.17. The number of ether oxygens (including phenoxy) is 2. The van der Waals surface area contributed by atoms with E-state index in [0.717, 1.165) is 27.8 Å². The number of carboxylic acids is 1. The van der Waals surface area contributed by atoms with E-state index >= 15 is 0 Å². The first-order valence-corrected chi connectivity index (χ1v) is 13.2. The smallest absolute Gasteiger partial charge is 0.407 e. The van der Waals surface area contributed by atoms with Crippen LogP contribution in [0.5, 0.6) is 0 Å². The monoisotopic (exact) mass is 530 g/mol. The van der Waals surface area contributed by atoms with Crippen molar-refractivity contribution in [2.75, 3.05) is 6.61 Å². The molecule has 0 saturated heterocycles. The van der Waals surface area contributed by atoms with E-state index in [2.05, 4.69) is 22.8 Å². The molecule has 8 heteroatoms. The molecule has 0 radical (unpaired) electrons. The fraction of sp³-hybridized carbons (Fsp3) is 0.323. The van der Waals surface area contributed by atoms with E-state index in [1.165, 1.54) is 0 Å². The van der Waals surface area contributed by atoms with Crippen molar-refractivity contribution in [2.45, 2.75) is 57.4 Å². The number of fused-ring (bicyclic) bond motifs is 3. The van der Waals surface area contributed by atoms with E-state index in [0.29, 0.717) is 6.42 Å². The molecule has 3 aromatic carbocycles. The van der Waals surface area contributed by atoms with Crippen LogP contribution in [0.4, 0.5) is 4.79 Å². The molecule has 1 aliphatic carbocycles. The van der Waals surface area contributed by atoms with Crippen LogP contribution >= 0.6 is 0 Å². The van der Waals surface area contributed by atoms with E-state index < -0.39 is 36.2 Å². The summed E-state index contributed by atoms with van der Waals surface area (Å²) in [6.45, 7) is 3.79. The number of rotatable bonds is 12. The third-order valence-corrected chi connectivity index (χ3v) is 6.92. The Morgan fingerprint density at radius 3 is 2.05 bits per heavy atom. The van der Waals surface area contributed by atoms with Crippen LogP contribution in [0.15, 0.2) is 78.9 Å². The van der Waals surface area contributed by atoms with E-state index in [1.807, 2.05) is 73.7 Å². The van der Waals surface area contributed by atoms with Gasteiger partial charge in [0.05, 0.1) is 12.7 Å². The molecule has 39 heavy (non-hydrogen) atoms. The molecule has 0 aliphatic heterocycles. The number of carbonyl (C=O) groups is 3. The number of benzene rings is 3. The number of hydrogen-bond acceptors (Lipinski definition) is 5. The SMILES string of the molecule is CCCC(NC(=O)[C@H](NC(=O)OCC1c2ccccc2-c2ccccc21)[C@H](C)OCc1ccccc1)C(=O)O. The van der Waals surface area contributed by atoms with Crippen LogP contribution in [0.3, 0.4) is 0 Å². The molecule has 3 aromatic rings. The molecule has 1 unspecified atom stereocenters. The van der Waals surface area contributed by atoms with Crippen molar-refractivity contribution in [3.63, 3.8) is 0 Å². The number of carbonyl (C=O) groups excluding carboxylic acids is 2. The van der Waals surface area contributed by atoms with Gasteiger partial charge in [-0.05, 0) is 41.2 Å². The van der Waals surface area contributed by atoms with Crippen LogP contribution in [-0.4, -0.2) is 47.9 Å². The lowest BCUT2D eigenvalue weighted by Gasteiger charge is -2.26. The minimum absolute atomic E-state index is 0.0844. The maximum atomic E-state index is 13.2. The summed E-state index contributed by atoms with van der Waals surface area (Å²) in [6, 6.07) is 23.2. The van der Waals surface area contributed by atoms with Gasteiger partial charge >= 0.3 is 12.1 Å². The van der Waals surface area contributed by atoms with Crippen LogP contribution in [0.1, 0.15) is 49.3 Å². The van der Waals surface area contributed by atoms with Crippen molar-refractivity contribution in [3.05, 3.63) is 95.6 Å². The van der Waals surface area contributed by atoms with Crippen molar-refractivity contribution in [3.8, 4) is 11.1 Å². The quantitative estimate of drug-likeness (QED) is 0.308. The lowest BCUT2D eigenvalue weighted by molar-refractivity contribution is -0.143. The maximum Gasteiger partial charge on any atom is 0.407 e. The molecular weight excluding hydrogens is 496 g/mol. The summed E-state index contributed by atoms with van der Waals surface area (Å²) in [5, 5.41) is 14.7. The Kier molecular flexibility index (Phi) is 9.33. The van der Waals surface area contributed by atoms with Crippen LogP contribution in [0, 0.1) is 0 Å². The van der Waals surface area contributed by atoms with E-state index in [-0.39, 0.29) is 25.6 Å². The van der Waals surface area contributed by atoms with Gasteiger partial charge in [-0.15, -0.1) is 0 Å². The summed E-state index contributed by atoms with van der Waals surface area (Å²) in [6.07, 6.45) is -0.712. The maximum absolute atomic E-state index is 13.2. The Morgan fingerprint density at radius 1 is 0.872 bits per heavy atom. The molecule has 0 bridgehead atoms. The summed E-state index contributed by atoms with van der Waals surface area (Å²) in [5.74, 6) is -1.92. The largest absolute Gasteiger partial charge is 0.480 e. The lowest BCUT2D eigenvalue weighted by Crippen LogP contribution is -2.56. The van der Waals surface area contributed by atoms with Gasteiger partial charge in [0.2, 0.25) is 5.91 Å². The van der Waals surface area contributed by atoms with Crippen molar-refractivity contribution < 1.29 is 29.0 Å². The zero-order valence-corrected chi connectivity index (χ0v) is 22.1. The van der Waals surface area contributed by atoms with Gasteiger partial charge in [-0.25, -0.2) is 9.59 Å². The molecular formula is C31H34N2O6. The molecule has 0 heterocycles. The summed E-state index contributed by atoms with van der Waals surface area (Å²) in [4.78, 5) is 37.8. The minimum Gasteiger partial charge on any atom is -0.480 e. The van der Waals surface area contributed by atoms with Crippen molar-refractivity contribution >= 4 is 18.0 Å².